The fourth-order valence-corrected chi connectivity index (χ4v) is 3.39. The number of para-hydroxylation sites is 1. The molecule has 7 nitrogen and oxygen atoms in total. The largest absolute Gasteiger partial charge is 0.495 e. The number of methoxy groups -OCH3 is 2. The Bertz CT molecular complexity index is 1230. The van der Waals surface area contributed by atoms with Crippen LogP contribution in [0, 0.1) is 6.92 Å². The Hall–Kier alpha value is -3.71. The van der Waals surface area contributed by atoms with Crippen LogP contribution in [-0.4, -0.2) is 29.9 Å². The number of furan rings is 1. The molecule has 0 aliphatic carbocycles. The van der Waals surface area contributed by atoms with Crippen LogP contribution in [0.1, 0.15) is 16.1 Å². The smallest absolute Gasteiger partial charge is 0.259 e. The second kappa shape index (κ2) is 8.57. The van der Waals surface area contributed by atoms with Gasteiger partial charge in [0.1, 0.15) is 23.0 Å². The fourth-order valence-electron chi connectivity index (χ4n) is 3.14. The number of hydrogen-bond acceptors (Lipinski definition) is 5. The van der Waals surface area contributed by atoms with Crippen molar-refractivity contribution in [1.29, 1.82) is 0 Å². The topological polar surface area (TPSA) is 78.5 Å². The molecule has 0 bridgehead atoms. The summed E-state index contributed by atoms with van der Waals surface area (Å²) in [4.78, 5) is 13.3. The summed E-state index contributed by atoms with van der Waals surface area (Å²) in [6.07, 6.45) is 1.66. The van der Waals surface area contributed by atoms with Gasteiger partial charge in [0.25, 0.3) is 5.91 Å². The number of ether oxygens (including phenoxy) is 2. The number of aryl methyl sites for hydroxylation is 1. The van der Waals surface area contributed by atoms with Crippen molar-refractivity contribution in [2.24, 2.45) is 0 Å². The van der Waals surface area contributed by atoms with Gasteiger partial charge in [0.2, 0.25) is 0 Å². The van der Waals surface area contributed by atoms with E-state index in [-0.39, 0.29) is 5.91 Å². The number of carbonyl (C=O) groups is 1. The summed E-state index contributed by atoms with van der Waals surface area (Å²) >= 11 is 6.24. The van der Waals surface area contributed by atoms with Crippen LogP contribution in [0.15, 0.2) is 65.2 Å². The van der Waals surface area contributed by atoms with Gasteiger partial charge in [0, 0.05) is 12.3 Å². The quantitative estimate of drug-likeness (QED) is 0.439. The fraction of sp³-hybridized carbons (Fsp3) is 0.130. The number of amides is 1. The first kappa shape index (κ1) is 20.6. The minimum absolute atomic E-state index is 0.340. The molecule has 2 aromatic heterocycles. The van der Waals surface area contributed by atoms with Gasteiger partial charge in [-0.1, -0.05) is 29.8 Å². The van der Waals surface area contributed by atoms with Crippen LogP contribution >= 0.6 is 11.6 Å². The van der Waals surface area contributed by atoms with Crippen LogP contribution in [-0.2, 0) is 0 Å². The molecule has 1 amide bonds. The maximum Gasteiger partial charge on any atom is 0.259 e. The van der Waals surface area contributed by atoms with Gasteiger partial charge in [0.05, 0.1) is 36.2 Å². The van der Waals surface area contributed by atoms with Gasteiger partial charge in [-0.25, -0.2) is 4.68 Å². The van der Waals surface area contributed by atoms with Crippen molar-refractivity contribution in [2.45, 2.75) is 6.92 Å². The number of nitrogens with one attached hydrogen (secondary N) is 1. The van der Waals surface area contributed by atoms with E-state index in [1.54, 1.807) is 29.1 Å². The molecule has 0 saturated heterocycles. The van der Waals surface area contributed by atoms with E-state index in [9.17, 15) is 4.79 Å². The first-order chi connectivity index (χ1) is 15.0. The van der Waals surface area contributed by atoms with Crippen LogP contribution in [0.25, 0.3) is 17.1 Å². The predicted molar refractivity (Wildman–Crippen MR) is 119 cm³/mol. The molecule has 0 aliphatic rings. The van der Waals surface area contributed by atoms with Crippen LogP contribution in [0.2, 0.25) is 5.02 Å². The van der Waals surface area contributed by atoms with Crippen LogP contribution in [0.4, 0.5) is 5.69 Å². The summed E-state index contributed by atoms with van der Waals surface area (Å²) in [5.74, 6) is 1.70. The van der Waals surface area contributed by atoms with Gasteiger partial charge in [-0.3, -0.25) is 4.79 Å². The lowest BCUT2D eigenvalue weighted by molar-refractivity contribution is 0.102. The first-order valence-electron chi connectivity index (χ1n) is 9.45. The van der Waals surface area contributed by atoms with E-state index in [0.29, 0.717) is 39.2 Å². The molecule has 4 rings (SSSR count). The third-order valence-corrected chi connectivity index (χ3v) is 4.97. The van der Waals surface area contributed by atoms with E-state index in [1.165, 1.54) is 14.2 Å². The standard InChI is InChI=1S/C23H20ClN3O4/c1-14-9-10-19(31-14)22-16(13-27(26-22)15-7-5-4-6-8-15)23(28)25-18-11-17(24)20(29-2)12-21(18)30-3/h4-13H,1-3H3,(H,25,28). The molecule has 31 heavy (non-hydrogen) atoms. The highest BCUT2D eigenvalue weighted by Gasteiger charge is 2.22. The average Bonchev–Trinajstić information content (AvgIpc) is 3.41. The van der Waals surface area contributed by atoms with Crippen molar-refractivity contribution in [3.63, 3.8) is 0 Å². The molecule has 0 spiro atoms. The van der Waals surface area contributed by atoms with Gasteiger partial charge in [-0.15, -0.1) is 0 Å². The van der Waals surface area contributed by atoms with Crippen molar-refractivity contribution in [3.8, 4) is 28.6 Å². The molecule has 0 radical (unpaired) electrons. The minimum atomic E-state index is -0.384. The number of rotatable bonds is 6. The lowest BCUT2D eigenvalue weighted by atomic mass is 10.2. The second-order valence-corrected chi connectivity index (χ2v) is 7.13. The van der Waals surface area contributed by atoms with E-state index >= 15 is 0 Å². The maximum atomic E-state index is 13.3. The monoisotopic (exact) mass is 437 g/mol. The molecule has 0 aliphatic heterocycles. The van der Waals surface area contributed by atoms with Gasteiger partial charge in [-0.05, 0) is 37.3 Å². The Morgan fingerprint density at radius 1 is 1.06 bits per heavy atom. The van der Waals surface area contributed by atoms with Gasteiger partial charge in [0.15, 0.2) is 5.76 Å². The minimum Gasteiger partial charge on any atom is -0.495 e. The summed E-state index contributed by atoms with van der Waals surface area (Å²) in [5.41, 5.74) is 1.99. The number of halogens is 1. The first-order valence-corrected chi connectivity index (χ1v) is 9.82. The second-order valence-electron chi connectivity index (χ2n) is 6.72. The Labute approximate surface area is 184 Å². The number of hydrogen-bond donors (Lipinski definition) is 1. The third kappa shape index (κ3) is 4.13. The molecule has 0 atom stereocenters. The molecule has 4 aromatic rings. The van der Waals surface area contributed by atoms with Crippen molar-refractivity contribution in [2.75, 3.05) is 19.5 Å². The highest BCUT2D eigenvalue weighted by Crippen LogP contribution is 2.36. The zero-order chi connectivity index (χ0) is 22.0. The van der Waals surface area contributed by atoms with Crippen LogP contribution in [0.5, 0.6) is 11.5 Å². The number of carbonyl (C=O) groups excluding carboxylic acids is 1. The number of nitrogens with zero attached hydrogens (tertiary/aromatic N) is 2. The van der Waals surface area contributed by atoms with E-state index in [2.05, 4.69) is 10.4 Å². The van der Waals surface area contributed by atoms with Crippen LogP contribution in [0.3, 0.4) is 0 Å². The highest BCUT2D eigenvalue weighted by atomic mass is 35.5. The summed E-state index contributed by atoms with van der Waals surface area (Å²) in [6, 6.07) is 16.3. The van der Waals surface area contributed by atoms with Crippen molar-refractivity contribution < 1.29 is 18.7 Å². The summed E-state index contributed by atoms with van der Waals surface area (Å²) in [7, 11) is 3.01. The Kier molecular flexibility index (Phi) is 5.68. The molecular weight excluding hydrogens is 418 g/mol. The Balaban J connectivity index is 1.75. The zero-order valence-corrected chi connectivity index (χ0v) is 17.9. The van der Waals surface area contributed by atoms with Crippen molar-refractivity contribution in [3.05, 3.63) is 77.1 Å². The van der Waals surface area contributed by atoms with Gasteiger partial charge in [-0.2, -0.15) is 5.10 Å². The average molecular weight is 438 g/mol. The Morgan fingerprint density at radius 2 is 1.81 bits per heavy atom. The normalized spacial score (nSPS) is 10.7. The van der Waals surface area contributed by atoms with E-state index in [4.69, 9.17) is 25.5 Å². The molecule has 2 aromatic carbocycles. The summed E-state index contributed by atoms with van der Waals surface area (Å²) in [6.45, 7) is 1.83. The lowest BCUT2D eigenvalue weighted by Gasteiger charge is -2.13. The Morgan fingerprint density at radius 3 is 2.45 bits per heavy atom. The number of anilines is 1. The zero-order valence-electron chi connectivity index (χ0n) is 17.2. The van der Waals surface area contributed by atoms with Crippen molar-refractivity contribution in [1.82, 2.24) is 9.78 Å². The SMILES string of the molecule is COc1cc(OC)c(NC(=O)c2cn(-c3ccccc3)nc2-c2ccc(C)o2)cc1Cl. The molecule has 2 heterocycles. The molecule has 1 N–H and O–H groups in total. The molecular formula is C23H20ClN3O4. The van der Waals surface area contributed by atoms with Crippen LogP contribution < -0.4 is 14.8 Å². The number of aromatic nitrogens is 2. The molecule has 0 saturated carbocycles. The lowest BCUT2D eigenvalue weighted by Crippen LogP contribution is -2.13. The van der Waals surface area contributed by atoms with E-state index in [0.717, 1.165) is 11.4 Å². The summed E-state index contributed by atoms with van der Waals surface area (Å²) in [5, 5.41) is 7.80. The summed E-state index contributed by atoms with van der Waals surface area (Å²) < 4.78 is 18.0. The van der Waals surface area contributed by atoms with Gasteiger partial charge >= 0.3 is 0 Å². The van der Waals surface area contributed by atoms with Gasteiger partial charge < -0.3 is 19.2 Å². The van der Waals surface area contributed by atoms with Crippen molar-refractivity contribution >= 4 is 23.2 Å². The number of benzene rings is 2. The molecule has 8 heteroatoms. The van der Waals surface area contributed by atoms with E-state index in [1.807, 2.05) is 43.3 Å². The molecule has 0 fully saturated rings. The predicted octanol–water partition coefficient (Wildman–Crippen LogP) is 5.36. The molecule has 158 valence electrons. The van der Waals surface area contributed by atoms with E-state index < -0.39 is 0 Å². The third-order valence-electron chi connectivity index (χ3n) is 4.68. The maximum absolute atomic E-state index is 13.3. The molecule has 0 unspecified atom stereocenters. The highest BCUT2D eigenvalue weighted by molar-refractivity contribution is 6.32.